The highest BCUT2D eigenvalue weighted by Crippen LogP contribution is 2.27. The summed E-state index contributed by atoms with van der Waals surface area (Å²) in [4.78, 5) is 23.6. The average molecular weight is 375 g/mol. The van der Waals surface area contributed by atoms with Crippen LogP contribution in [0.25, 0.3) is 0 Å². The van der Waals surface area contributed by atoms with Gasteiger partial charge in [0, 0.05) is 18.0 Å². The molecule has 1 aromatic rings. The van der Waals surface area contributed by atoms with Crippen molar-refractivity contribution < 1.29 is 14.3 Å². The number of methoxy groups -OCH3 is 1. The fraction of sp³-hybridized carbons (Fsp3) is 0.529. The number of anilines is 1. The maximum atomic E-state index is 12.5. The van der Waals surface area contributed by atoms with Crippen LogP contribution in [0.2, 0.25) is 0 Å². The van der Waals surface area contributed by atoms with Crippen LogP contribution in [-0.4, -0.2) is 31.3 Å². The van der Waals surface area contributed by atoms with Crippen LogP contribution >= 0.6 is 24.2 Å². The lowest BCUT2D eigenvalue weighted by molar-refractivity contribution is -0.137. The molecule has 24 heavy (non-hydrogen) atoms. The highest BCUT2D eigenvalue weighted by atomic mass is 35.5. The summed E-state index contributed by atoms with van der Waals surface area (Å²) in [6.45, 7) is 4.30. The molecule has 0 bridgehead atoms. The summed E-state index contributed by atoms with van der Waals surface area (Å²) in [6.07, 6.45) is 1.42. The number of hydrogen-bond donors (Lipinski definition) is 2. The standard InChI is InChI=1S/C17H26N2O3S.ClH/c1-4-17(5-2,12-18)16(21)19-14-8-6-7-13(9-14)10-23-11-15(20)22-3;/h6-9H,4-5,10-12,18H2,1-3H3,(H,19,21);1H. The van der Waals surface area contributed by atoms with E-state index in [-0.39, 0.29) is 24.3 Å². The molecular formula is C17H27ClN2O3S. The van der Waals surface area contributed by atoms with Crippen LogP contribution in [0.3, 0.4) is 0 Å². The van der Waals surface area contributed by atoms with E-state index in [2.05, 4.69) is 10.1 Å². The summed E-state index contributed by atoms with van der Waals surface area (Å²) < 4.78 is 4.61. The van der Waals surface area contributed by atoms with Crippen LogP contribution in [0.5, 0.6) is 0 Å². The molecule has 0 aromatic heterocycles. The Morgan fingerprint density at radius 1 is 1.29 bits per heavy atom. The Labute approximate surface area is 154 Å². The summed E-state index contributed by atoms with van der Waals surface area (Å²) in [5.41, 5.74) is 7.09. The van der Waals surface area contributed by atoms with Gasteiger partial charge in [-0.25, -0.2) is 0 Å². The molecule has 0 radical (unpaired) electrons. The lowest BCUT2D eigenvalue weighted by Gasteiger charge is -2.28. The van der Waals surface area contributed by atoms with E-state index < -0.39 is 5.41 Å². The van der Waals surface area contributed by atoms with Gasteiger partial charge < -0.3 is 15.8 Å². The van der Waals surface area contributed by atoms with Crippen molar-refractivity contribution in [3.05, 3.63) is 29.8 Å². The number of ether oxygens (including phenoxy) is 1. The van der Waals surface area contributed by atoms with E-state index in [4.69, 9.17) is 5.73 Å². The summed E-state index contributed by atoms with van der Waals surface area (Å²) in [7, 11) is 1.38. The largest absolute Gasteiger partial charge is 0.468 e. The number of nitrogens with two attached hydrogens (primary N) is 1. The van der Waals surface area contributed by atoms with Crippen molar-refractivity contribution in [2.75, 3.05) is 24.7 Å². The van der Waals surface area contributed by atoms with Crippen molar-refractivity contribution in [3.8, 4) is 0 Å². The quantitative estimate of drug-likeness (QED) is 0.648. The number of rotatable bonds is 9. The van der Waals surface area contributed by atoms with Crippen LogP contribution in [0, 0.1) is 5.41 Å². The van der Waals surface area contributed by atoms with Gasteiger partial charge in [0.2, 0.25) is 5.91 Å². The number of benzene rings is 1. The van der Waals surface area contributed by atoms with Crippen LogP contribution in [0.1, 0.15) is 32.3 Å². The Hall–Kier alpha value is -1.24. The molecule has 0 spiro atoms. The SMILES string of the molecule is CCC(CC)(CN)C(=O)Nc1cccc(CSCC(=O)OC)c1.Cl. The summed E-state index contributed by atoms with van der Waals surface area (Å²) in [5, 5.41) is 2.97. The summed E-state index contributed by atoms with van der Waals surface area (Å²) in [5.74, 6) is 0.722. The monoisotopic (exact) mass is 374 g/mol. The molecule has 0 aliphatic carbocycles. The third-order valence-corrected chi connectivity index (χ3v) is 5.10. The minimum atomic E-state index is -0.518. The molecule has 0 saturated heterocycles. The molecule has 0 aliphatic heterocycles. The topological polar surface area (TPSA) is 81.4 Å². The zero-order chi connectivity index (χ0) is 17.3. The summed E-state index contributed by atoms with van der Waals surface area (Å²) in [6, 6.07) is 7.65. The van der Waals surface area contributed by atoms with Gasteiger partial charge in [-0.3, -0.25) is 9.59 Å². The van der Waals surface area contributed by atoms with Gasteiger partial charge in [-0.15, -0.1) is 24.2 Å². The zero-order valence-electron chi connectivity index (χ0n) is 14.5. The molecule has 5 nitrogen and oxygen atoms in total. The summed E-state index contributed by atoms with van der Waals surface area (Å²) >= 11 is 1.48. The molecule has 0 saturated carbocycles. The Bertz CT molecular complexity index is 528. The second kappa shape index (κ2) is 11.3. The lowest BCUT2D eigenvalue weighted by atomic mass is 9.81. The molecule has 1 aromatic carbocycles. The molecular weight excluding hydrogens is 348 g/mol. The van der Waals surface area contributed by atoms with Gasteiger partial charge in [0.05, 0.1) is 18.3 Å². The molecule has 1 amide bonds. The number of halogens is 1. The second-order valence-corrected chi connectivity index (χ2v) is 6.40. The zero-order valence-corrected chi connectivity index (χ0v) is 16.1. The first-order valence-corrected chi connectivity index (χ1v) is 8.91. The van der Waals surface area contributed by atoms with Crippen molar-refractivity contribution in [2.24, 2.45) is 11.1 Å². The number of hydrogen-bond acceptors (Lipinski definition) is 5. The van der Waals surface area contributed by atoms with E-state index in [9.17, 15) is 9.59 Å². The fourth-order valence-corrected chi connectivity index (χ4v) is 3.07. The third kappa shape index (κ3) is 6.34. The van der Waals surface area contributed by atoms with E-state index in [0.29, 0.717) is 30.9 Å². The molecule has 0 fully saturated rings. The number of esters is 1. The molecule has 3 N–H and O–H groups in total. The van der Waals surface area contributed by atoms with Crippen molar-refractivity contribution in [1.82, 2.24) is 0 Å². The van der Waals surface area contributed by atoms with E-state index in [0.717, 1.165) is 11.3 Å². The predicted molar refractivity (Wildman–Crippen MR) is 103 cm³/mol. The first-order valence-electron chi connectivity index (χ1n) is 7.76. The van der Waals surface area contributed by atoms with Gasteiger partial charge in [0.25, 0.3) is 0 Å². The first-order chi connectivity index (χ1) is 11.0. The molecule has 1 rings (SSSR count). The third-order valence-electron chi connectivity index (χ3n) is 4.13. The van der Waals surface area contributed by atoms with Crippen LogP contribution in [-0.2, 0) is 20.1 Å². The smallest absolute Gasteiger partial charge is 0.315 e. The Morgan fingerprint density at radius 2 is 1.96 bits per heavy atom. The van der Waals surface area contributed by atoms with Crippen LogP contribution < -0.4 is 11.1 Å². The van der Waals surface area contributed by atoms with Gasteiger partial charge in [0.15, 0.2) is 0 Å². The molecule has 0 unspecified atom stereocenters. The van der Waals surface area contributed by atoms with Crippen molar-refractivity contribution in [2.45, 2.75) is 32.4 Å². The van der Waals surface area contributed by atoms with E-state index in [1.165, 1.54) is 18.9 Å². The second-order valence-electron chi connectivity index (χ2n) is 5.41. The molecule has 0 aliphatic rings. The van der Waals surface area contributed by atoms with Crippen LogP contribution in [0.15, 0.2) is 24.3 Å². The lowest BCUT2D eigenvalue weighted by Crippen LogP contribution is -2.41. The Morgan fingerprint density at radius 3 is 2.50 bits per heavy atom. The normalized spacial score (nSPS) is 10.7. The maximum absolute atomic E-state index is 12.5. The highest BCUT2D eigenvalue weighted by Gasteiger charge is 2.33. The Kier molecular flexibility index (Phi) is 10.8. The van der Waals surface area contributed by atoms with Gasteiger partial charge >= 0.3 is 5.97 Å². The average Bonchev–Trinajstić information content (AvgIpc) is 2.57. The molecule has 0 heterocycles. The predicted octanol–water partition coefficient (Wildman–Crippen LogP) is 3.22. The van der Waals surface area contributed by atoms with Crippen LogP contribution in [0.4, 0.5) is 5.69 Å². The van der Waals surface area contributed by atoms with E-state index >= 15 is 0 Å². The van der Waals surface area contributed by atoms with Gasteiger partial charge in [-0.05, 0) is 30.5 Å². The number of thioether (sulfide) groups is 1. The van der Waals surface area contributed by atoms with E-state index in [1.807, 2.05) is 38.1 Å². The molecule has 7 heteroatoms. The van der Waals surface area contributed by atoms with E-state index in [1.54, 1.807) is 0 Å². The highest BCUT2D eigenvalue weighted by molar-refractivity contribution is 7.99. The molecule has 0 atom stereocenters. The van der Waals surface area contributed by atoms with Crippen molar-refractivity contribution in [3.63, 3.8) is 0 Å². The first kappa shape index (κ1) is 22.8. The fourth-order valence-electron chi connectivity index (χ4n) is 2.27. The van der Waals surface area contributed by atoms with Gasteiger partial charge in [-0.2, -0.15) is 0 Å². The molecule has 136 valence electrons. The number of amides is 1. The minimum absolute atomic E-state index is 0. The maximum Gasteiger partial charge on any atom is 0.315 e. The minimum Gasteiger partial charge on any atom is -0.468 e. The van der Waals surface area contributed by atoms with Gasteiger partial charge in [0.1, 0.15) is 0 Å². The number of carbonyl (C=O) groups excluding carboxylic acids is 2. The van der Waals surface area contributed by atoms with Crippen molar-refractivity contribution in [1.29, 1.82) is 0 Å². The number of carbonyl (C=O) groups is 2. The van der Waals surface area contributed by atoms with Gasteiger partial charge in [-0.1, -0.05) is 26.0 Å². The number of nitrogens with one attached hydrogen (secondary N) is 1. The van der Waals surface area contributed by atoms with Crippen molar-refractivity contribution >= 4 is 41.7 Å². The Balaban J connectivity index is 0.00000529.